The van der Waals surface area contributed by atoms with Gasteiger partial charge < -0.3 is 4.42 Å². The van der Waals surface area contributed by atoms with E-state index in [0.29, 0.717) is 16.9 Å². The molecular weight excluding hydrogens is 332 g/mol. The normalized spacial score (nSPS) is 10.8. The van der Waals surface area contributed by atoms with Crippen LogP contribution in [-0.2, 0) is 5.75 Å². The van der Waals surface area contributed by atoms with Crippen LogP contribution in [0.1, 0.15) is 11.1 Å². The minimum atomic E-state index is -0.364. The topological polar surface area (TPSA) is 66.9 Å². The van der Waals surface area contributed by atoms with Gasteiger partial charge in [-0.3, -0.25) is 0 Å². The van der Waals surface area contributed by atoms with Gasteiger partial charge >= 0.3 is 5.63 Å². The summed E-state index contributed by atoms with van der Waals surface area (Å²) in [6.45, 7) is 0. The first kappa shape index (κ1) is 15.4. The maximum absolute atomic E-state index is 11.9. The largest absolute Gasteiger partial charge is 0.423 e. The first-order chi connectivity index (χ1) is 12.2. The van der Waals surface area contributed by atoms with Gasteiger partial charge in [-0.25, -0.2) is 9.78 Å². The second kappa shape index (κ2) is 6.42. The molecule has 0 fully saturated rings. The van der Waals surface area contributed by atoms with Gasteiger partial charge in [0.25, 0.3) is 0 Å². The fraction of sp³-hybridized carbons (Fsp3) is 0.0500. The van der Waals surface area contributed by atoms with Crippen molar-refractivity contribution in [2.24, 2.45) is 0 Å². The van der Waals surface area contributed by atoms with Crippen molar-refractivity contribution >= 4 is 33.5 Å². The molecule has 2 aromatic carbocycles. The van der Waals surface area contributed by atoms with Gasteiger partial charge in [0, 0.05) is 23.4 Å². The van der Waals surface area contributed by atoms with E-state index in [0.717, 1.165) is 26.7 Å². The van der Waals surface area contributed by atoms with Crippen molar-refractivity contribution in [1.29, 1.82) is 5.26 Å². The minimum absolute atomic E-state index is 0.364. The Morgan fingerprint density at radius 2 is 2.00 bits per heavy atom. The molecule has 0 saturated heterocycles. The zero-order valence-corrected chi connectivity index (χ0v) is 13.9. The number of thioether (sulfide) groups is 1. The smallest absolute Gasteiger partial charge is 0.336 e. The van der Waals surface area contributed by atoms with Gasteiger partial charge in [0.05, 0.1) is 16.7 Å². The Morgan fingerprint density at radius 1 is 1.12 bits per heavy atom. The van der Waals surface area contributed by atoms with Gasteiger partial charge in [0.2, 0.25) is 0 Å². The standard InChI is InChI=1S/C20H12N2O2S/c21-11-13-7-8-22-18(9-13)25-12-15-10-19(23)24-17-6-5-14-3-1-2-4-16(14)20(15)17/h1-10H,12H2. The van der Waals surface area contributed by atoms with Crippen molar-refractivity contribution in [3.8, 4) is 6.07 Å². The molecule has 4 aromatic rings. The number of nitriles is 1. The quantitative estimate of drug-likeness (QED) is 0.311. The number of benzene rings is 2. The summed E-state index contributed by atoms with van der Waals surface area (Å²) in [7, 11) is 0. The Morgan fingerprint density at radius 3 is 2.88 bits per heavy atom. The molecule has 0 bridgehead atoms. The molecule has 0 atom stereocenters. The Bertz CT molecular complexity index is 1190. The van der Waals surface area contributed by atoms with Crippen molar-refractivity contribution in [2.75, 3.05) is 0 Å². The zero-order valence-electron chi connectivity index (χ0n) is 13.1. The van der Waals surface area contributed by atoms with E-state index in [9.17, 15) is 4.79 Å². The number of pyridine rings is 1. The molecular formula is C20H12N2O2S. The van der Waals surface area contributed by atoms with Crippen molar-refractivity contribution in [2.45, 2.75) is 10.8 Å². The van der Waals surface area contributed by atoms with Gasteiger partial charge in [0.1, 0.15) is 5.58 Å². The third kappa shape index (κ3) is 3.00. The summed E-state index contributed by atoms with van der Waals surface area (Å²) in [6.07, 6.45) is 1.62. The van der Waals surface area contributed by atoms with Crippen molar-refractivity contribution in [3.05, 3.63) is 82.3 Å². The molecule has 0 aliphatic heterocycles. The Balaban J connectivity index is 1.81. The summed E-state index contributed by atoms with van der Waals surface area (Å²) in [5.74, 6) is 0.567. The SMILES string of the molecule is N#Cc1ccnc(SCc2cc(=O)oc3ccc4ccccc4c23)c1. The van der Waals surface area contributed by atoms with Crippen LogP contribution in [0.2, 0.25) is 0 Å². The molecule has 0 radical (unpaired) electrons. The van der Waals surface area contributed by atoms with Crippen LogP contribution >= 0.6 is 11.8 Å². The second-order valence-electron chi connectivity index (χ2n) is 5.53. The lowest BCUT2D eigenvalue weighted by molar-refractivity contribution is 0.560. The number of hydrogen-bond acceptors (Lipinski definition) is 5. The lowest BCUT2D eigenvalue weighted by atomic mass is 10.0. The Kier molecular flexibility index (Phi) is 3.96. The number of rotatable bonds is 3. The lowest BCUT2D eigenvalue weighted by Crippen LogP contribution is -2.00. The number of nitrogens with zero attached hydrogens (tertiary/aromatic N) is 2. The van der Waals surface area contributed by atoms with Gasteiger partial charge in [-0.1, -0.05) is 30.3 Å². The van der Waals surface area contributed by atoms with E-state index in [2.05, 4.69) is 11.1 Å². The second-order valence-corrected chi connectivity index (χ2v) is 6.53. The monoisotopic (exact) mass is 344 g/mol. The van der Waals surface area contributed by atoms with Crippen LogP contribution in [-0.4, -0.2) is 4.98 Å². The first-order valence-corrected chi connectivity index (χ1v) is 8.66. The summed E-state index contributed by atoms with van der Waals surface area (Å²) in [5, 5.41) is 12.8. The molecule has 5 heteroatoms. The van der Waals surface area contributed by atoms with E-state index in [-0.39, 0.29) is 5.63 Å². The number of hydrogen-bond donors (Lipinski definition) is 0. The highest BCUT2D eigenvalue weighted by molar-refractivity contribution is 7.98. The molecule has 25 heavy (non-hydrogen) atoms. The fourth-order valence-corrected chi connectivity index (χ4v) is 3.72. The van der Waals surface area contributed by atoms with Crippen LogP contribution < -0.4 is 5.63 Å². The van der Waals surface area contributed by atoms with E-state index < -0.39 is 0 Å². The van der Waals surface area contributed by atoms with E-state index in [1.807, 2.05) is 36.4 Å². The summed E-state index contributed by atoms with van der Waals surface area (Å²) in [4.78, 5) is 16.2. The molecule has 2 heterocycles. The van der Waals surface area contributed by atoms with E-state index in [4.69, 9.17) is 9.68 Å². The molecule has 2 aromatic heterocycles. The highest BCUT2D eigenvalue weighted by atomic mass is 32.2. The molecule has 0 saturated carbocycles. The van der Waals surface area contributed by atoms with Crippen LogP contribution in [0.5, 0.6) is 0 Å². The molecule has 4 nitrogen and oxygen atoms in total. The Labute approximate surface area is 147 Å². The van der Waals surface area contributed by atoms with Crippen LogP contribution in [0, 0.1) is 11.3 Å². The average Bonchev–Trinajstić information content (AvgIpc) is 2.65. The van der Waals surface area contributed by atoms with Gasteiger partial charge in [-0.05, 0) is 34.5 Å². The summed E-state index contributed by atoms with van der Waals surface area (Å²) in [5.41, 5.74) is 1.69. The highest BCUT2D eigenvalue weighted by Crippen LogP contribution is 2.31. The van der Waals surface area contributed by atoms with E-state index in [1.165, 1.54) is 17.8 Å². The summed E-state index contributed by atoms with van der Waals surface area (Å²) >= 11 is 1.49. The average molecular weight is 344 g/mol. The first-order valence-electron chi connectivity index (χ1n) is 7.68. The molecule has 120 valence electrons. The zero-order chi connectivity index (χ0) is 17.2. The van der Waals surface area contributed by atoms with Gasteiger partial charge in [-0.15, -0.1) is 11.8 Å². The van der Waals surface area contributed by atoms with Crippen LogP contribution in [0.25, 0.3) is 21.7 Å². The van der Waals surface area contributed by atoms with E-state index >= 15 is 0 Å². The molecule has 0 amide bonds. The fourth-order valence-electron chi connectivity index (χ4n) is 2.84. The lowest BCUT2D eigenvalue weighted by Gasteiger charge is -2.08. The predicted molar refractivity (Wildman–Crippen MR) is 98.5 cm³/mol. The minimum Gasteiger partial charge on any atom is -0.423 e. The van der Waals surface area contributed by atoms with E-state index in [1.54, 1.807) is 18.3 Å². The highest BCUT2D eigenvalue weighted by Gasteiger charge is 2.10. The molecule has 0 N–H and O–H groups in total. The number of aromatic nitrogens is 1. The maximum Gasteiger partial charge on any atom is 0.336 e. The molecule has 0 unspecified atom stereocenters. The Hall–Kier alpha value is -3.10. The van der Waals surface area contributed by atoms with Crippen molar-refractivity contribution < 1.29 is 4.42 Å². The van der Waals surface area contributed by atoms with Crippen molar-refractivity contribution in [3.63, 3.8) is 0 Å². The molecule has 0 aliphatic carbocycles. The molecule has 4 rings (SSSR count). The third-order valence-corrected chi connectivity index (χ3v) is 4.93. The third-order valence-electron chi connectivity index (χ3n) is 3.95. The molecule has 0 spiro atoms. The summed E-state index contributed by atoms with van der Waals surface area (Å²) in [6, 6.07) is 18.9. The summed E-state index contributed by atoms with van der Waals surface area (Å²) < 4.78 is 5.38. The van der Waals surface area contributed by atoms with Crippen LogP contribution in [0.15, 0.2) is 75.0 Å². The van der Waals surface area contributed by atoms with Crippen LogP contribution in [0.3, 0.4) is 0 Å². The number of fused-ring (bicyclic) bond motifs is 3. The van der Waals surface area contributed by atoms with Crippen LogP contribution in [0.4, 0.5) is 0 Å². The maximum atomic E-state index is 11.9. The predicted octanol–water partition coefficient (Wildman–Crippen LogP) is 4.51. The van der Waals surface area contributed by atoms with Gasteiger partial charge in [0.15, 0.2) is 0 Å². The van der Waals surface area contributed by atoms with Gasteiger partial charge in [-0.2, -0.15) is 5.26 Å². The molecule has 0 aliphatic rings. The van der Waals surface area contributed by atoms with Crippen molar-refractivity contribution in [1.82, 2.24) is 4.98 Å².